The molecule has 4 aromatic rings. The molecule has 2 aromatic carbocycles. The molecule has 222 valence electrons. The van der Waals surface area contributed by atoms with Gasteiger partial charge in [-0.2, -0.15) is 0 Å². The van der Waals surface area contributed by atoms with Crippen molar-refractivity contribution in [2.75, 3.05) is 17.3 Å². The van der Waals surface area contributed by atoms with E-state index in [1.165, 1.54) is 0 Å². The normalized spacial score (nSPS) is 16.6. The molecule has 2 atom stereocenters. The van der Waals surface area contributed by atoms with Crippen LogP contribution in [-0.4, -0.2) is 38.8 Å². The Bertz CT molecular complexity index is 1710. The minimum absolute atomic E-state index is 0.121. The van der Waals surface area contributed by atoms with E-state index in [9.17, 15) is 14.7 Å². The number of benzene rings is 2. The van der Waals surface area contributed by atoms with Crippen LogP contribution in [0.5, 0.6) is 5.75 Å². The van der Waals surface area contributed by atoms with Gasteiger partial charge in [-0.3, -0.25) is 9.78 Å². The van der Waals surface area contributed by atoms with Gasteiger partial charge in [0.2, 0.25) is 5.91 Å². The molecule has 0 unspecified atom stereocenters. The van der Waals surface area contributed by atoms with Crippen molar-refractivity contribution in [3.05, 3.63) is 101 Å². The van der Waals surface area contributed by atoms with Crippen LogP contribution in [-0.2, 0) is 4.79 Å². The van der Waals surface area contributed by atoms with Crippen LogP contribution in [0.3, 0.4) is 0 Å². The lowest BCUT2D eigenvalue weighted by atomic mass is 9.95. The van der Waals surface area contributed by atoms with Gasteiger partial charge in [0.05, 0.1) is 36.1 Å². The van der Waals surface area contributed by atoms with E-state index in [1.54, 1.807) is 31.5 Å². The van der Waals surface area contributed by atoms with Crippen LogP contribution in [0.4, 0.5) is 11.4 Å². The fourth-order valence-electron chi connectivity index (χ4n) is 5.45. The maximum absolute atomic E-state index is 12.7. The molecule has 1 amide bonds. The third-order valence-electron chi connectivity index (χ3n) is 7.63. The number of carbonyl (C=O) groups excluding carboxylic acids is 1. The Labute approximate surface area is 256 Å². The minimum Gasteiger partial charge on any atom is -0.494 e. The fraction of sp³-hybridized carbons (Fsp3) is 0.273. The highest BCUT2D eigenvalue weighted by atomic mass is 32.1. The molecule has 1 fully saturated rings. The standard InChI is InChI=1S/C33H35N5O4S/c1-19-16-24(20(2)37(19)22-11-9-10-21(17-22)30(39)40)29-28(26-12-7-8-15-34-26)36-32(43)38(29)23-13-14-25(27(18-23)42-6)35-31(41)33(3,4)5/h7-18,28-29H,1-6H3,(H,35,41)(H,36,43)(H,39,40)/t28-,29-/m0/s1. The molecule has 1 aliphatic heterocycles. The maximum Gasteiger partial charge on any atom is 0.335 e. The number of carboxylic acid groups (broad SMARTS) is 1. The average molecular weight is 598 g/mol. The number of carboxylic acids is 1. The van der Waals surface area contributed by atoms with Gasteiger partial charge < -0.3 is 29.9 Å². The zero-order valence-corrected chi connectivity index (χ0v) is 25.8. The molecular formula is C33H35N5O4S. The van der Waals surface area contributed by atoms with Crippen molar-refractivity contribution < 1.29 is 19.4 Å². The number of methoxy groups -OCH3 is 1. The van der Waals surface area contributed by atoms with Gasteiger partial charge in [0.25, 0.3) is 0 Å². The largest absolute Gasteiger partial charge is 0.494 e. The maximum atomic E-state index is 12.7. The van der Waals surface area contributed by atoms with Crippen molar-refractivity contribution in [1.29, 1.82) is 0 Å². The Balaban J connectivity index is 1.63. The van der Waals surface area contributed by atoms with Gasteiger partial charge in [-0.05, 0) is 80.2 Å². The lowest BCUT2D eigenvalue weighted by Crippen LogP contribution is -2.30. The molecule has 1 saturated heterocycles. The molecule has 5 rings (SSSR count). The highest BCUT2D eigenvalue weighted by molar-refractivity contribution is 7.80. The number of ether oxygens (including phenoxy) is 1. The van der Waals surface area contributed by atoms with E-state index in [1.807, 2.05) is 82.0 Å². The highest BCUT2D eigenvalue weighted by Crippen LogP contribution is 2.45. The molecule has 1 aliphatic rings. The number of nitrogens with one attached hydrogen (secondary N) is 2. The third kappa shape index (κ3) is 5.70. The first-order chi connectivity index (χ1) is 20.4. The van der Waals surface area contributed by atoms with Crippen molar-refractivity contribution in [2.24, 2.45) is 5.41 Å². The summed E-state index contributed by atoms with van der Waals surface area (Å²) in [5, 5.41) is 16.6. The number of carbonyl (C=O) groups is 2. The molecule has 9 nitrogen and oxygen atoms in total. The number of aromatic nitrogens is 2. The van der Waals surface area contributed by atoms with Crippen LogP contribution >= 0.6 is 12.2 Å². The quantitative estimate of drug-likeness (QED) is 0.211. The summed E-state index contributed by atoms with van der Waals surface area (Å²) in [4.78, 5) is 31.1. The molecule has 0 bridgehead atoms. The smallest absolute Gasteiger partial charge is 0.335 e. The Morgan fingerprint density at radius 3 is 2.44 bits per heavy atom. The minimum atomic E-state index is -0.979. The second-order valence-electron chi connectivity index (χ2n) is 11.6. The number of nitrogens with zero attached hydrogens (tertiary/aromatic N) is 3. The number of pyridine rings is 1. The van der Waals surface area contributed by atoms with Gasteiger partial charge >= 0.3 is 5.97 Å². The second-order valence-corrected chi connectivity index (χ2v) is 12.0. The molecule has 3 N–H and O–H groups in total. The van der Waals surface area contributed by atoms with Gasteiger partial charge in [-0.1, -0.05) is 32.9 Å². The number of anilines is 2. The molecule has 0 saturated carbocycles. The summed E-state index contributed by atoms with van der Waals surface area (Å²) < 4.78 is 7.77. The van der Waals surface area contributed by atoms with Gasteiger partial charge in [0, 0.05) is 40.4 Å². The Morgan fingerprint density at radius 2 is 1.79 bits per heavy atom. The summed E-state index contributed by atoms with van der Waals surface area (Å²) >= 11 is 5.93. The van der Waals surface area contributed by atoms with Crippen molar-refractivity contribution in [2.45, 2.75) is 46.7 Å². The summed E-state index contributed by atoms with van der Waals surface area (Å²) in [6.07, 6.45) is 1.76. The van der Waals surface area contributed by atoms with Gasteiger partial charge in [0.1, 0.15) is 5.75 Å². The van der Waals surface area contributed by atoms with Crippen LogP contribution in [0.2, 0.25) is 0 Å². The highest BCUT2D eigenvalue weighted by Gasteiger charge is 2.42. The number of amides is 1. The Hall–Kier alpha value is -4.70. The number of thiocarbonyl (C=S) groups is 1. The first kappa shape index (κ1) is 29.8. The molecule has 3 heterocycles. The molecule has 43 heavy (non-hydrogen) atoms. The lowest BCUT2D eigenvalue weighted by molar-refractivity contribution is -0.123. The summed E-state index contributed by atoms with van der Waals surface area (Å²) in [7, 11) is 1.57. The zero-order valence-electron chi connectivity index (χ0n) is 25.0. The van der Waals surface area contributed by atoms with E-state index >= 15 is 0 Å². The predicted octanol–water partition coefficient (Wildman–Crippen LogP) is 6.36. The van der Waals surface area contributed by atoms with Crippen LogP contribution < -0.4 is 20.3 Å². The topological polar surface area (TPSA) is 109 Å². The Morgan fingerprint density at radius 1 is 1.02 bits per heavy atom. The van der Waals surface area contributed by atoms with E-state index in [2.05, 4.69) is 26.3 Å². The van der Waals surface area contributed by atoms with Gasteiger partial charge in [0.15, 0.2) is 5.11 Å². The van der Waals surface area contributed by atoms with Crippen LogP contribution in [0.25, 0.3) is 5.69 Å². The summed E-state index contributed by atoms with van der Waals surface area (Å²) in [6, 6.07) is 19.8. The molecule has 0 radical (unpaired) electrons. The van der Waals surface area contributed by atoms with Crippen LogP contribution in [0.15, 0.2) is 72.9 Å². The summed E-state index contributed by atoms with van der Waals surface area (Å²) in [6.45, 7) is 9.59. The van der Waals surface area contributed by atoms with Crippen molar-refractivity contribution in [1.82, 2.24) is 14.9 Å². The van der Waals surface area contributed by atoms with E-state index in [-0.39, 0.29) is 23.6 Å². The average Bonchev–Trinajstić information content (AvgIpc) is 3.47. The lowest BCUT2D eigenvalue weighted by Gasteiger charge is -2.29. The molecule has 2 aromatic heterocycles. The summed E-state index contributed by atoms with van der Waals surface area (Å²) in [5.41, 5.74) is 5.49. The van der Waals surface area contributed by atoms with E-state index in [0.29, 0.717) is 16.5 Å². The van der Waals surface area contributed by atoms with Gasteiger partial charge in [-0.25, -0.2) is 4.79 Å². The number of aryl methyl sites for hydroxylation is 1. The number of rotatable bonds is 7. The number of aromatic carboxylic acids is 1. The van der Waals surface area contributed by atoms with Crippen LogP contribution in [0.1, 0.15) is 65.9 Å². The van der Waals surface area contributed by atoms with Crippen molar-refractivity contribution in [3.8, 4) is 11.4 Å². The van der Waals surface area contributed by atoms with Crippen LogP contribution in [0, 0.1) is 19.3 Å². The first-order valence-electron chi connectivity index (χ1n) is 13.9. The van der Waals surface area contributed by atoms with E-state index in [0.717, 1.165) is 34.0 Å². The zero-order chi connectivity index (χ0) is 31.1. The molecule has 10 heteroatoms. The molecular weight excluding hydrogens is 562 g/mol. The second kappa shape index (κ2) is 11.5. The predicted molar refractivity (Wildman–Crippen MR) is 171 cm³/mol. The van der Waals surface area contributed by atoms with E-state index in [4.69, 9.17) is 17.0 Å². The number of hydrogen-bond donors (Lipinski definition) is 3. The van der Waals surface area contributed by atoms with Crippen molar-refractivity contribution in [3.63, 3.8) is 0 Å². The third-order valence-corrected chi connectivity index (χ3v) is 7.95. The molecule has 0 spiro atoms. The first-order valence-corrected chi connectivity index (χ1v) is 14.3. The monoisotopic (exact) mass is 597 g/mol. The number of hydrogen-bond acceptors (Lipinski definition) is 5. The SMILES string of the molecule is COc1cc(N2C(=S)N[C@@H](c3ccccn3)[C@@H]2c2cc(C)n(-c3cccc(C(=O)O)c3)c2C)ccc1NC(=O)C(C)(C)C. The van der Waals surface area contributed by atoms with Crippen molar-refractivity contribution >= 4 is 40.6 Å². The Kier molecular flexibility index (Phi) is 7.98. The summed E-state index contributed by atoms with van der Waals surface area (Å²) in [5.74, 6) is -0.592. The van der Waals surface area contributed by atoms with Gasteiger partial charge in [-0.15, -0.1) is 0 Å². The van der Waals surface area contributed by atoms with E-state index < -0.39 is 11.4 Å². The fourth-order valence-corrected chi connectivity index (χ4v) is 5.80. The molecule has 0 aliphatic carbocycles.